The number of hydrogen-bond donors (Lipinski definition) is 0. The Kier molecular flexibility index (Phi) is 5.68. The van der Waals surface area contributed by atoms with Gasteiger partial charge in [-0.25, -0.2) is 4.98 Å². The Morgan fingerprint density at radius 2 is 1.02 bits per heavy atom. The van der Waals surface area contributed by atoms with Crippen LogP contribution in [0, 0.1) is 0 Å². The van der Waals surface area contributed by atoms with E-state index < -0.39 is 0 Å². The van der Waals surface area contributed by atoms with E-state index in [1.54, 1.807) is 0 Å². The van der Waals surface area contributed by atoms with E-state index in [0.717, 1.165) is 22.5 Å². The largest absolute Gasteiger partial charge is 0.296 e. The third-order valence-electron chi connectivity index (χ3n) is 8.47. The molecular weight excluding hydrogens is 508 g/mol. The highest BCUT2D eigenvalue weighted by molar-refractivity contribution is 6.22. The van der Waals surface area contributed by atoms with E-state index in [9.17, 15) is 0 Å². The third-order valence-corrected chi connectivity index (χ3v) is 8.47. The first-order valence-corrected chi connectivity index (χ1v) is 14.7. The molecule has 0 saturated carbocycles. The van der Waals surface area contributed by atoms with Gasteiger partial charge in [-0.15, -0.1) is 0 Å². The molecule has 0 amide bonds. The van der Waals surface area contributed by atoms with Crippen molar-refractivity contribution >= 4 is 43.4 Å². The number of aromatic nitrogens is 2. The van der Waals surface area contributed by atoms with E-state index >= 15 is 0 Å². The lowest BCUT2D eigenvalue weighted by molar-refractivity contribution is 0.760. The molecule has 0 atom stereocenters. The second kappa shape index (κ2) is 9.71. The maximum atomic E-state index is 5.19. The summed E-state index contributed by atoms with van der Waals surface area (Å²) in [5, 5.41) is 7.55. The van der Waals surface area contributed by atoms with Gasteiger partial charge in [-0.3, -0.25) is 4.57 Å². The summed E-state index contributed by atoms with van der Waals surface area (Å²) in [6.07, 6.45) is 0. The Labute approximate surface area is 245 Å². The quantitative estimate of drug-likeness (QED) is 0.204. The number of imidazole rings is 1. The van der Waals surface area contributed by atoms with Crippen LogP contribution in [-0.4, -0.2) is 9.55 Å². The molecule has 8 rings (SSSR count). The number of nitrogens with zero attached hydrogens (tertiary/aromatic N) is 2. The van der Waals surface area contributed by atoms with E-state index in [-0.39, 0.29) is 0 Å². The van der Waals surface area contributed by atoms with Crippen LogP contribution in [0.2, 0.25) is 0 Å². The molecule has 1 heterocycles. The average molecular weight is 539 g/mol. The van der Waals surface area contributed by atoms with Gasteiger partial charge in [-0.05, 0) is 84.9 Å². The van der Waals surface area contributed by atoms with Crippen molar-refractivity contribution in [2.45, 2.75) is 19.8 Å². The van der Waals surface area contributed by atoms with Gasteiger partial charge in [0.1, 0.15) is 5.82 Å². The van der Waals surface area contributed by atoms with Crippen molar-refractivity contribution in [2.75, 3.05) is 0 Å². The van der Waals surface area contributed by atoms with Gasteiger partial charge in [0.05, 0.1) is 11.0 Å². The van der Waals surface area contributed by atoms with E-state index in [0.29, 0.717) is 5.92 Å². The molecule has 0 aliphatic carbocycles. The van der Waals surface area contributed by atoms with Crippen LogP contribution in [-0.2, 0) is 0 Å². The minimum absolute atomic E-state index is 0.295. The van der Waals surface area contributed by atoms with E-state index in [1.165, 1.54) is 54.6 Å². The predicted octanol–water partition coefficient (Wildman–Crippen LogP) is 10.9. The average Bonchev–Trinajstić information content (AvgIpc) is 3.43. The van der Waals surface area contributed by atoms with Gasteiger partial charge in [-0.2, -0.15) is 0 Å². The van der Waals surface area contributed by atoms with Gasteiger partial charge in [0, 0.05) is 11.6 Å². The van der Waals surface area contributed by atoms with E-state index in [1.807, 2.05) is 0 Å². The summed E-state index contributed by atoms with van der Waals surface area (Å²) in [5.74, 6) is 1.37. The zero-order valence-electron chi connectivity index (χ0n) is 23.8. The van der Waals surface area contributed by atoms with Crippen LogP contribution >= 0.6 is 0 Å². The summed E-state index contributed by atoms with van der Waals surface area (Å²) in [6, 6.07) is 50.5. The zero-order valence-corrected chi connectivity index (χ0v) is 23.8. The minimum Gasteiger partial charge on any atom is -0.296 e. The Balaban J connectivity index is 1.41. The van der Waals surface area contributed by atoms with Crippen molar-refractivity contribution in [1.82, 2.24) is 9.55 Å². The van der Waals surface area contributed by atoms with Crippen LogP contribution in [0.15, 0.2) is 140 Å². The first-order chi connectivity index (χ1) is 20.7. The van der Waals surface area contributed by atoms with E-state index in [2.05, 4.69) is 158 Å². The van der Waals surface area contributed by atoms with Crippen LogP contribution in [0.25, 0.3) is 71.3 Å². The number of hydrogen-bond acceptors (Lipinski definition) is 1. The lowest BCUT2D eigenvalue weighted by Gasteiger charge is -2.18. The van der Waals surface area contributed by atoms with Crippen molar-refractivity contribution in [1.29, 1.82) is 0 Å². The van der Waals surface area contributed by atoms with Gasteiger partial charge in [-0.1, -0.05) is 123 Å². The summed E-state index contributed by atoms with van der Waals surface area (Å²) < 4.78 is 2.31. The van der Waals surface area contributed by atoms with Crippen molar-refractivity contribution in [3.63, 3.8) is 0 Å². The number of rotatable bonds is 4. The van der Waals surface area contributed by atoms with Crippen LogP contribution in [0.1, 0.15) is 25.6 Å². The Morgan fingerprint density at radius 1 is 0.500 bits per heavy atom. The Morgan fingerprint density at radius 3 is 1.64 bits per heavy atom. The molecule has 1 aromatic heterocycles. The van der Waals surface area contributed by atoms with Crippen LogP contribution in [0.4, 0.5) is 0 Å². The summed E-state index contributed by atoms with van der Waals surface area (Å²) >= 11 is 0. The molecule has 0 bridgehead atoms. The Hall–Kier alpha value is -5.21. The number of benzene rings is 7. The van der Waals surface area contributed by atoms with Crippen molar-refractivity contribution in [3.05, 3.63) is 145 Å². The topological polar surface area (TPSA) is 17.8 Å². The fourth-order valence-corrected chi connectivity index (χ4v) is 6.59. The molecule has 42 heavy (non-hydrogen) atoms. The summed E-state index contributed by atoms with van der Waals surface area (Å²) in [5.41, 5.74) is 8.27. The molecule has 8 aromatic rings. The van der Waals surface area contributed by atoms with Crippen LogP contribution < -0.4 is 0 Å². The second-order valence-electron chi connectivity index (χ2n) is 11.4. The lowest BCUT2D eigenvalue weighted by atomic mass is 9.85. The molecule has 2 heteroatoms. The molecule has 0 radical (unpaired) electrons. The zero-order chi connectivity index (χ0) is 28.2. The Bertz CT molecular complexity index is 2220. The first kappa shape index (κ1) is 24.6. The fraction of sp³-hybridized carbons (Fsp3) is 0.0750. The highest BCUT2D eigenvalue weighted by Crippen LogP contribution is 2.44. The van der Waals surface area contributed by atoms with Gasteiger partial charge in [0.15, 0.2) is 0 Å². The molecule has 200 valence electrons. The molecule has 0 N–H and O–H groups in total. The van der Waals surface area contributed by atoms with E-state index in [4.69, 9.17) is 4.98 Å². The molecule has 0 spiro atoms. The van der Waals surface area contributed by atoms with Gasteiger partial charge >= 0.3 is 0 Å². The molecule has 0 aliphatic rings. The smallest absolute Gasteiger partial charge is 0.117 e. The highest BCUT2D eigenvalue weighted by atomic mass is 15.1. The van der Waals surface area contributed by atoms with Crippen LogP contribution in [0.5, 0.6) is 0 Å². The van der Waals surface area contributed by atoms with Crippen LogP contribution in [0.3, 0.4) is 0 Å². The number of para-hydroxylation sites is 1. The summed E-state index contributed by atoms with van der Waals surface area (Å²) in [4.78, 5) is 5.19. The third kappa shape index (κ3) is 3.83. The molecule has 0 fully saturated rings. The first-order valence-electron chi connectivity index (χ1n) is 14.7. The normalized spacial score (nSPS) is 11.8. The van der Waals surface area contributed by atoms with Crippen molar-refractivity contribution in [2.24, 2.45) is 0 Å². The maximum Gasteiger partial charge on any atom is 0.117 e. The molecule has 0 saturated heterocycles. The summed E-state index contributed by atoms with van der Waals surface area (Å²) in [6.45, 7) is 4.43. The number of fused-ring (bicyclic) bond motifs is 4. The molecule has 0 unspecified atom stereocenters. The van der Waals surface area contributed by atoms with Crippen molar-refractivity contribution in [3.8, 4) is 27.9 Å². The van der Waals surface area contributed by atoms with Gasteiger partial charge < -0.3 is 0 Å². The fourth-order valence-electron chi connectivity index (χ4n) is 6.59. The van der Waals surface area contributed by atoms with Gasteiger partial charge in [0.2, 0.25) is 0 Å². The SMILES string of the molecule is CC(C)c1nc2cc(-c3c4ccccc4c(-c4ccc5ccccc5c4)c4ccccc34)ccc2n1-c1ccccc1. The molecular formula is C40H30N2. The minimum atomic E-state index is 0.295. The monoisotopic (exact) mass is 538 g/mol. The molecule has 7 aromatic carbocycles. The lowest BCUT2D eigenvalue weighted by Crippen LogP contribution is -2.02. The second-order valence-corrected chi connectivity index (χ2v) is 11.4. The van der Waals surface area contributed by atoms with Crippen molar-refractivity contribution < 1.29 is 0 Å². The summed E-state index contributed by atoms with van der Waals surface area (Å²) in [7, 11) is 0. The maximum absolute atomic E-state index is 5.19. The van der Waals surface area contributed by atoms with Gasteiger partial charge in [0.25, 0.3) is 0 Å². The highest BCUT2D eigenvalue weighted by Gasteiger charge is 2.19. The predicted molar refractivity (Wildman–Crippen MR) is 179 cm³/mol. The molecule has 2 nitrogen and oxygen atoms in total. The molecule has 0 aliphatic heterocycles. The standard InChI is InChI=1S/C40H30N2/c1-26(2)40-41-36-25-30(22-23-37(36)42(40)31-14-4-3-5-15-31)39-34-18-10-8-16-32(34)38(33-17-9-11-19-35(33)39)29-21-20-27-12-6-7-13-28(27)24-29/h3-26H,1-2H3.